The van der Waals surface area contributed by atoms with Crippen LogP contribution >= 0.6 is 11.6 Å². The van der Waals surface area contributed by atoms with Gasteiger partial charge in [-0.25, -0.2) is 0 Å². The van der Waals surface area contributed by atoms with Gasteiger partial charge in [0.25, 0.3) is 11.5 Å². The van der Waals surface area contributed by atoms with E-state index in [1.165, 1.54) is 12.8 Å². The number of halogens is 1. The van der Waals surface area contributed by atoms with Crippen molar-refractivity contribution in [1.29, 1.82) is 0 Å². The first-order valence-corrected chi connectivity index (χ1v) is 15.0. The van der Waals surface area contributed by atoms with Crippen LogP contribution in [0, 0.1) is 25.7 Å². The van der Waals surface area contributed by atoms with E-state index in [0.29, 0.717) is 70.4 Å². The topological polar surface area (TPSA) is 74.4 Å². The summed E-state index contributed by atoms with van der Waals surface area (Å²) >= 11 is 6.71. The Labute approximate surface area is 243 Å². The Morgan fingerprint density at radius 1 is 1.02 bits per heavy atom. The minimum Gasteiger partial charge on any atom is -0.492 e. The van der Waals surface area contributed by atoms with Crippen LogP contribution in [0.4, 0.5) is 0 Å². The maximum atomic E-state index is 13.8. The number of amides is 1. The number of hydrogen-bond acceptors (Lipinski definition) is 4. The molecule has 4 rings (SSSR count). The summed E-state index contributed by atoms with van der Waals surface area (Å²) in [4.78, 5) is 32.3. The van der Waals surface area contributed by atoms with Gasteiger partial charge in [-0.2, -0.15) is 0 Å². The minimum absolute atomic E-state index is 0.106. The van der Waals surface area contributed by atoms with Crippen LogP contribution in [0.5, 0.6) is 5.75 Å². The van der Waals surface area contributed by atoms with Crippen molar-refractivity contribution in [1.82, 2.24) is 15.2 Å². The number of nitrogens with zero attached hydrogens (tertiary/aromatic N) is 1. The highest BCUT2D eigenvalue weighted by Crippen LogP contribution is 2.37. The van der Waals surface area contributed by atoms with Gasteiger partial charge in [-0.1, -0.05) is 75.0 Å². The smallest absolute Gasteiger partial charge is 0.260 e. The van der Waals surface area contributed by atoms with E-state index in [0.717, 1.165) is 36.1 Å². The van der Waals surface area contributed by atoms with Crippen LogP contribution in [0.25, 0.3) is 22.0 Å². The number of ether oxygens (including phenoxy) is 1. The van der Waals surface area contributed by atoms with Crippen LogP contribution in [0.3, 0.4) is 0 Å². The first-order chi connectivity index (χ1) is 19.0. The number of rotatable bonds is 10. The lowest BCUT2D eigenvalue weighted by Crippen LogP contribution is -2.37. The van der Waals surface area contributed by atoms with Gasteiger partial charge in [-0.05, 0) is 69.2 Å². The number of aromatic nitrogens is 1. The standard InChI is InChI=1S/C33H44ClN3O3/c1-20(2)18-37(19-21(3)4)33(39)26-16-27-29(17-28(26)34)36-32(38)30(24-14-22(5)13-23(6)15-24)31(27)40-12-10-25-9-7-8-11-35-25/h13-17,20-21,25,35H,7-12,18-19H2,1-6H3,(H,36,38). The number of hydrogen-bond donors (Lipinski definition) is 2. The summed E-state index contributed by atoms with van der Waals surface area (Å²) in [6, 6.07) is 10.0. The second kappa shape index (κ2) is 13.2. The fourth-order valence-electron chi connectivity index (χ4n) is 5.75. The Morgan fingerprint density at radius 2 is 1.70 bits per heavy atom. The van der Waals surface area contributed by atoms with Gasteiger partial charge in [-0.15, -0.1) is 0 Å². The van der Waals surface area contributed by atoms with E-state index in [-0.39, 0.29) is 11.5 Å². The zero-order valence-corrected chi connectivity index (χ0v) is 25.6. The van der Waals surface area contributed by atoms with Gasteiger partial charge in [0.05, 0.1) is 28.3 Å². The number of fused-ring (bicyclic) bond motifs is 1. The molecule has 7 heteroatoms. The van der Waals surface area contributed by atoms with Gasteiger partial charge < -0.3 is 19.9 Å². The summed E-state index contributed by atoms with van der Waals surface area (Å²) < 4.78 is 6.50. The molecule has 1 aliphatic rings. The molecule has 2 N–H and O–H groups in total. The van der Waals surface area contributed by atoms with Gasteiger partial charge in [0, 0.05) is 24.5 Å². The highest BCUT2D eigenvalue weighted by atomic mass is 35.5. The number of pyridine rings is 1. The van der Waals surface area contributed by atoms with Crippen molar-refractivity contribution in [3.63, 3.8) is 0 Å². The molecule has 1 unspecified atom stereocenters. The highest BCUT2D eigenvalue weighted by Gasteiger charge is 2.24. The normalized spacial score (nSPS) is 15.7. The average molecular weight is 566 g/mol. The molecule has 3 aromatic rings. The van der Waals surface area contributed by atoms with Crippen molar-refractivity contribution in [2.75, 3.05) is 26.2 Å². The lowest BCUT2D eigenvalue weighted by atomic mass is 9.98. The Morgan fingerprint density at radius 3 is 2.30 bits per heavy atom. The molecular weight excluding hydrogens is 522 g/mol. The maximum Gasteiger partial charge on any atom is 0.260 e. The molecule has 1 aromatic heterocycles. The number of carbonyl (C=O) groups is 1. The van der Waals surface area contributed by atoms with Gasteiger partial charge in [-0.3, -0.25) is 9.59 Å². The molecule has 0 radical (unpaired) electrons. The Bertz CT molecular complexity index is 1380. The molecule has 1 fully saturated rings. The Balaban J connectivity index is 1.84. The quantitative estimate of drug-likeness (QED) is 0.274. The number of H-pyrrole nitrogens is 1. The van der Waals surface area contributed by atoms with Gasteiger partial charge in [0.15, 0.2) is 0 Å². The molecule has 1 amide bonds. The van der Waals surface area contributed by atoms with E-state index < -0.39 is 0 Å². The first kappa shape index (κ1) is 30.1. The molecule has 216 valence electrons. The summed E-state index contributed by atoms with van der Waals surface area (Å²) in [6.45, 7) is 15.3. The average Bonchev–Trinajstić information content (AvgIpc) is 2.87. The highest BCUT2D eigenvalue weighted by molar-refractivity contribution is 6.34. The van der Waals surface area contributed by atoms with Crippen molar-refractivity contribution in [3.05, 3.63) is 62.4 Å². The van der Waals surface area contributed by atoms with E-state index in [1.54, 1.807) is 6.07 Å². The molecule has 1 aliphatic heterocycles. The summed E-state index contributed by atoms with van der Waals surface area (Å²) in [7, 11) is 0. The van der Waals surface area contributed by atoms with Crippen LogP contribution in [0.15, 0.2) is 35.1 Å². The van der Waals surface area contributed by atoms with Gasteiger partial charge in [0.2, 0.25) is 0 Å². The van der Waals surface area contributed by atoms with Crippen LogP contribution in [-0.2, 0) is 0 Å². The largest absolute Gasteiger partial charge is 0.492 e. The third kappa shape index (κ3) is 7.27. The van der Waals surface area contributed by atoms with Crippen LogP contribution in [0.2, 0.25) is 5.02 Å². The molecule has 0 saturated carbocycles. The summed E-state index contributed by atoms with van der Waals surface area (Å²) in [5.41, 5.74) is 4.17. The van der Waals surface area contributed by atoms with Crippen molar-refractivity contribution in [2.24, 2.45) is 11.8 Å². The van der Waals surface area contributed by atoms with Crippen molar-refractivity contribution in [3.8, 4) is 16.9 Å². The lowest BCUT2D eigenvalue weighted by Gasteiger charge is -2.27. The molecule has 0 spiro atoms. The summed E-state index contributed by atoms with van der Waals surface area (Å²) in [6.07, 6.45) is 4.39. The SMILES string of the molecule is Cc1cc(C)cc(-c2c(OCCC3CCCCN3)c3cc(C(=O)N(CC(C)C)CC(C)C)c(Cl)cc3[nH]c2=O)c1. The van der Waals surface area contributed by atoms with Crippen molar-refractivity contribution in [2.45, 2.75) is 73.3 Å². The molecule has 1 saturated heterocycles. The molecule has 0 bridgehead atoms. The number of aryl methyl sites for hydroxylation is 2. The molecule has 40 heavy (non-hydrogen) atoms. The van der Waals surface area contributed by atoms with E-state index in [9.17, 15) is 9.59 Å². The predicted molar refractivity (Wildman–Crippen MR) is 166 cm³/mol. The summed E-state index contributed by atoms with van der Waals surface area (Å²) in [5.74, 6) is 1.04. The Kier molecular flexibility index (Phi) is 9.96. The number of benzene rings is 2. The van der Waals surface area contributed by atoms with E-state index >= 15 is 0 Å². The molecule has 0 aliphatic carbocycles. The van der Waals surface area contributed by atoms with Crippen molar-refractivity contribution < 1.29 is 9.53 Å². The fourth-order valence-corrected chi connectivity index (χ4v) is 5.99. The van der Waals surface area contributed by atoms with Gasteiger partial charge in [0.1, 0.15) is 5.75 Å². The molecule has 6 nitrogen and oxygen atoms in total. The third-order valence-corrected chi connectivity index (χ3v) is 7.69. The predicted octanol–water partition coefficient (Wildman–Crippen LogP) is 7.13. The Hall–Kier alpha value is -2.83. The van der Waals surface area contributed by atoms with E-state index in [2.05, 4.69) is 44.1 Å². The van der Waals surface area contributed by atoms with Crippen LogP contribution < -0.4 is 15.6 Å². The van der Waals surface area contributed by atoms with Crippen LogP contribution in [-0.4, -0.2) is 48.1 Å². The minimum atomic E-state index is -0.236. The van der Waals surface area contributed by atoms with Crippen molar-refractivity contribution >= 4 is 28.4 Å². The monoisotopic (exact) mass is 565 g/mol. The summed E-state index contributed by atoms with van der Waals surface area (Å²) in [5, 5.41) is 4.58. The number of aromatic amines is 1. The molecule has 2 heterocycles. The number of nitrogens with one attached hydrogen (secondary N) is 2. The zero-order chi connectivity index (χ0) is 29.0. The second-order valence-corrected chi connectivity index (χ2v) is 12.6. The van der Waals surface area contributed by atoms with Crippen LogP contribution in [0.1, 0.15) is 74.9 Å². The maximum absolute atomic E-state index is 13.8. The second-order valence-electron chi connectivity index (χ2n) is 12.2. The molecule has 2 aromatic carbocycles. The lowest BCUT2D eigenvalue weighted by molar-refractivity contribution is 0.0715. The van der Waals surface area contributed by atoms with Gasteiger partial charge >= 0.3 is 0 Å². The van der Waals surface area contributed by atoms with E-state index in [1.807, 2.05) is 36.9 Å². The fraction of sp³-hybridized carbons (Fsp3) is 0.515. The molecular formula is C33H44ClN3O3. The number of piperidine rings is 1. The third-order valence-electron chi connectivity index (χ3n) is 7.38. The first-order valence-electron chi connectivity index (χ1n) is 14.7. The van der Waals surface area contributed by atoms with E-state index in [4.69, 9.17) is 16.3 Å². The molecule has 1 atom stereocenters. The zero-order valence-electron chi connectivity index (χ0n) is 24.8. The number of carbonyl (C=O) groups excluding carboxylic acids is 1.